The SMILES string of the molecule is CC(C)C(NCCN1CCCCCC1)c1ccccc1. The van der Waals surface area contributed by atoms with Gasteiger partial charge in [0.1, 0.15) is 0 Å². The lowest BCUT2D eigenvalue weighted by atomic mass is 9.96. The molecule has 1 saturated heterocycles. The van der Waals surface area contributed by atoms with E-state index in [0.29, 0.717) is 12.0 Å². The Kier molecular flexibility index (Phi) is 6.55. The van der Waals surface area contributed by atoms with Gasteiger partial charge in [-0.15, -0.1) is 0 Å². The summed E-state index contributed by atoms with van der Waals surface area (Å²) < 4.78 is 0. The molecule has 0 aliphatic carbocycles. The minimum absolute atomic E-state index is 0.475. The number of nitrogens with one attached hydrogen (secondary N) is 1. The van der Waals surface area contributed by atoms with Crippen LogP contribution in [0.4, 0.5) is 0 Å². The molecule has 0 aromatic heterocycles. The van der Waals surface area contributed by atoms with Crippen molar-refractivity contribution in [3.05, 3.63) is 35.9 Å². The topological polar surface area (TPSA) is 15.3 Å². The summed E-state index contributed by atoms with van der Waals surface area (Å²) in [5.41, 5.74) is 1.42. The number of hydrogen-bond donors (Lipinski definition) is 1. The number of likely N-dealkylation sites (tertiary alicyclic amines) is 1. The molecule has 0 spiro atoms. The van der Waals surface area contributed by atoms with E-state index in [9.17, 15) is 0 Å². The highest BCUT2D eigenvalue weighted by atomic mass is 15.1. The van der Waals surface area contributed by atoms with E-state index >= 15 is 0 Å². The number of nitrogens with zero attached hydrogens (tertiary/aromatic N) is 1. The predicted molar refractivity (Wildman–Crippen MR) is 86.9 cm³/mol. The molecule has 0 bridgehead atoms. The standard InChI is InChI=1S/C18H30N2/c1-16(2)18(17-10-6-5-7-11-17)19-12-15-20-13-8-3-4-9-14-20/h5-7,10-11,16,18-19H,3-4,8-9,12-15H2,1-2H3. The molecule has 20 heavy (non-hydrogen) atoms. The second kappa shape index (κ2) is 8.43. The van der Waals surface area contributed by atoms with Crippen molar-refractivity contribution in [3.8, 4) is 0 Å². The third-order valence-corrected chi connectivity index (χ3v) is 4.32. The molecule has 2 rings (SSSR count). The Morgan fingerprint density at radius 2 is 1.65 bits per heavy atom. The largest absolute Gasteiger partial charge is 0.308 e. The Labute approximate surface area is 124 Å². The third kappa shape index (κ3) is 4.92. The first-order valence-electron chi connectivity index (χ1n) is 8.28. The van der Waals surface area contributed by atoms with Crippen LogP contribution in [0.1, 0.15) is 51.1 Å². The van der Waals surface area contributed by atoms with Gasteiger partial charge in [0.05, 0.1) is 0 Å². The molecule has 0 saturated carbocycles. The van der Waals surface area contributed by atoms with E-state index in [-0.39, 0.29) is 0 Å². The molecule has 1 unspecified atom stereocenters. The van der Waals surface area contributed by atoms with Crippen molar-refractivity contribution >= 4 is 0 Å². The van der Waals surface area contributed by atoms with Crippen molar-refractivity contribution in [3.63, 3.8) is 0 Å². The summed E-state index contributed by atoms with van der Waals surface area (Å²) in [6, 6.07) is 11.3. The van der Waals surface area contributed by atoms with Crippen molar-refractivity contribution in [1.29, 1.82) is 0 Å². The summed E-state index contributed by atoms with van der Waals surface area (Å²) in [5, 5.41) is 3.76. The lowest BCUT2D eigenvalue weighted by Gasteiger charge is -2.26. The second-order valence-corrected chi connectivity index (χ2v) is 6.34. The van der Waals surface area contributed by atoms with Gasteiger partial charge < -0.3 is 10.2 Å². The second-order valence-electron chi connectivity index (χ2n) is 6.34. The van der Waals surface area contributed by atoms with E-state index < -0.39 is 0 Å². The van der Waals surface area contributed by atoms with Crippen LogP contribution in [0.15, 0.2) is 30.3 Å². The van der Waals surface area contributed by atoms with Gasteiger partial charge in [0.15, 0.2) is 0 Å². The highest BCUT2D eigenvalue weighted by molar-refractivity contribution is 5.19. The molecule has 1 aromatic rings. The normalized spacial score (nSPS) is 18.9. The molecule has 1 aromatic carbocycles. The summed E-state index contributed by atoms with van der Waals surface area (Å²) in [5.74, 6) is 0.626. The molecule has 1 N–H and O–H groups in total. The van der Waals surface area contributed by atoms with E-state index in [1.165, 1.54) is 50.9 Å². The molecule has 1 aliphatic heterocycles. The van der Waals surface area contributed by atoms with Gasteiger partial charge >= 0.3 is 0 Å². The highest BCUT2D eigenvalue weighted by Crippen LogP contribution is 2.21. The third-order valence-electron chi connectivity index (χ3n) is 4.32. The van der Waals surface area contributed by atoms with E-state index in [1.807, 2.05) is 0 Å². The van der Waals surface area contributed by atoms with Crippen molar-refractivity contribution < 1.29 is 0 Å². The molecule has 0 radical (unpaired) electrons. The first-order valence-corrected chi connectivity index (χ1v) is 8.28. The van der Waals surface area contributed by atoms with Crippen LogP contribution in [0.2, 0.25) is 0 Å². The predicted octanol–water partition coefficient (Wildman–Crippen LogP) is 3.85. The van der Waals surface area contributed by atoms with Gasteiger partial charge in [0.2, 0.25) is 0 Å². The molecule has 112 valence electrons. The van der Waals surface area contributed by atoms with Crippen molar-refractivity contribution in [2.75, 3.05) is 26.2 Å². The maximum atomic E-state index is 3.76. The molecular formula is C18H30N2. The van der Waals surface area contributed by atoms with E-state index in [2.05, 4.69) is 54.4 Å². The molecule has 1 heterocycles. The fraction of sp³-hybridized carbons (Fsp3) is 0.667. The van der Waals surface area contributed by atoms with Crippen molar-refractivity contribution in [2.24, 2.45) is 5.92 Å². The fourth-order valence-electron chi connectivity index (χ4n) is 3.14. The zero-order valence-electron chi connectivity index (χ0n) is 13.1. The first-order chi connectivity index (χ1) is 9.77. The number of hydrogen-bond acceptors (Lipinski definition) is 2. The number of benzene rings is 1. The first kappa shape index (κ1) is 15.5. The Morgan fingerprint density at radius 1 is 1.00 bits per heavy atom. The van der Waals surface area contributed by atoms with Crippen LogP contribution in [0.25, 0.3) is 0 Å². The van der Waals surface area contributed by atoms with Crippen LogP contribution >= 0.6 is 0 Å². The lowest BCUT2D eigenvalue weighted by Crippen LogP contribution is -2.35. The summed E-state index contributed by atoms with van der Waals surface area (Å²) >= 11 is 0. The summed E-state index contributed by atoms with van der Waals surface area (Å²) in [6.45, 7) is 9.47. The Balaban J connectivity index is 1.80. The average molecular weight is 274 g/mol. The van der Waals surface area contributed by atoms with Crippen LogP contribution in [0, 0.1) is 5.92 Å². The van der Waals surface area contributed by atoms with E-state index in [1.54, 1.807) is 0 Å². The van der Waals surface area contributed by atoms with Crippen LogP contribution in [0.5, 0.6) is 0 Å². The minimum atomic E-state index is 0.475. The van der Waals surface area contributed by atoms with Crippen LogP contribution in [0.3, 0.4) is 0 Å². The van der Waals surface area contributed by atoms with Crippen molar-refractivity contribution in [1.82, 2.24) is 10.2 Å². The number of rotatable bonds is 6. The van der Waals surface area contributed by atoms with Crippen molar-refractivity contribution in [2.45, 2.75) is 45.6 Å². The van der Waals surface area contributed by atoms with Crippen LogP contribution in [-0.4, -0.2) is 31.1 Å². The Morgan fingerprint density at radius 3 is 2.25 bits per heavy atom. The molecule has 1 atom stereocenters. The summed E-state index contributed by atoms with van der Waals surface area (Å²) in [6.07, 6.45) is 5.60. The minimum Gasteiger partial charge on any atom is -0.308 e. The lowest BCUT2D eigenvalue weighted by molar-refractivity contribution is 0.272. The molecule has 1 fully saturated rings. The maximum absolute atomic E-state index is 3.76. The van der Waals surface area contributed by atoms with Gasteiger partial charge in [-0.1, -0.05) is 57.0 Å². The summed E-state index contributed by atoms with van der Waals surface area (Å²) in [4.78, 5) is 2.63. The molecule has 1 aliphatic rings. The zero-order chi connectivity index (χ0) is 14.2. The Bertz CT molecular complexity index is 353. The Hall–Kier alpha value is -0.860. The zero-order valence-corrected chi connectivity index (χ0v) is 13.1. The van der Waals surface area contributed by atoms with Crippen LogP contribution in [-0.2, 0) is 0 Å². The fourth-order valence-corrected chi connectivity index (χ4v) is 3.14. The smallest absolute Gasteiger partial charge is 0.0343 e. The molecule has 2 nitrogen and oxygen atoms in total. The van der Waals surface area contributed by atoms with Gasteiger partial charge in [0.25, 0.3) is 0 Å². The van der Waals surface area contributed by atoms with Crippen LogP contribution < -0.4 is 5.32 Å². The quantitative estimate of drug-likeness (QED) is 0.847. The van der Waals surface area contributed by atoms with Gasteiger partial charge in [-0.2, -0.15) is 0 Å². The van der Waals surface area contributed by atoms with Gasteiger partial charge in [0, 0.05) is 19.1 Å². The monoisotopic (exact) mass is 274 g/mol. The van der Waals surface area contributed by atoms with E-state index in [0.717, 1.165) is 6.54 Å². The van der Waals surface area contributed by atoms with Gasteiger partial charge in [-0.05, 0) is 37.4 Å². The maximum Gasteiger partial charge on any atom is 0.0343 e. The molecular weight excluding hydrogens is 244 g/mol. The van der Waals surface area contributed by atoms with E-state index in [4.69, 9.17) is 0 Å². The highest BCUT2D eigenvalue weighted by Gasteiger charge is 2.15. The van der Waals surface area contributed by atoms with Gasteiger partial charge in [-0.3, -0.25) is 0 Å². The molecule has 2 heteroatoms. The molecule has 0 amide bonds. The average Bonchev–Trinajstić information content (AvgIpc) is 2.73. The summed E-state index contributed by atoms with van der Waals surface area (Å²) in [7, 11) is 0. The van der Waals surface area contributed by atoms with Gasteiger partial charge in [-0.25, -0.2) is 0 Å².